The molecule has 2 aromatic carbocycles. The fourth-order valence-corrected chi connectivity index (χ4v) is 3.85. The second kappa shape index (κ2) is 13.8. The second-order valence-electron chi connectivity index (χ2n) is 6.00. The molecule has 26 heavy (non-hydrogen) atoms. The van der Waals surface area contributed by atoms with Gasteiger partial charge in [-0.3, -0.25) is 0 Å². The molecule has 0 bridgehead atoms. The highest BCUT2D eigenvalue weighted by molar-refractivity contribution is 9.11. The standard InChI is InChI=1S/C19H24Br2N2O.2ClH/c1-23(2)10-6-9-22-13-16-11-17(20)19(18(21)12-16)24-14-15-7-4-3-5-8-15;;/h3-5,7-8,11-12,22H,6,9-10,13-14H2,1-2H3;2*1H. The Bertz CT molecular complexity index is 620. The van der Waals surface area contributed by atoms with Crippen LogP contribution in [-0.2, 0) is 13.2 Å². The predicted octanol–water partition coefficient (Wildman–Crippen LogP) is 5.68. The normalized spacial score (nSPS) is 10.2. The quantitative estimate of drug-likeness (QED) is 0.424. The Morgan fingerprint density at radius 1 is 0.962 bits per heavy atom. The Kier molecular flexibility index (Phi) is 13.6. The van der Waals surface area contributed by atoms with Crippen LogP contribution in [0.3, 0.4) is 0 Å². The summed E-state index contributed by atoms with van der Waals surface area (Å²) in [5.74, 6) is 0.843. The molecule has 7 heteroatoms. The average molecular weight is 529 g/mol. The fourth-order valence-electron chi connectivity index (χ4n) is 2.34. The van der Waals surface area contributed by atoms with Gasteiger partial charge in [-0.2, -0.15) is 0 Å². The van der Waals surface area contributed by atoms with E-state index in [-0.39, 0.29) is 24.8 Å². The number of halogens is 4. The first-order chi connectivity index (χ1) is 11.6. The molecule has 0 aliphatic carbocycles. The molecule has 3 nitrogen and oxygen atoms in total. The number of ether oxygens (including phenoxy) is 1. The summed E-state index contributed by atoms with van der Waals surface area (Å²) in [5, 5.41) is 3.48. The van der Waals surface area contributed by atoms with Gasteiger partial charge in [-0.05, 0) is 88.7 Å². The summed E-state index contributed by atoms with van der Waals surface area (Å²) >= 11 is 7.25. The molecule has 0 saturated heterocycles. The Morgan fingerprint density at radius 2 is 1.58 bits per heavy atom. The highest BCUT2D eigenvalue weighted by atomic mass is 79.9. The molecule has 0 unspecified atom stereocenters. The summed E-state index contributed by atoms with van der Waals surface area (Å²) in [6, 6.07) is 14.4. The van der Waals surface area contributed by atoms with Gasteiger partial charge in [-0.25, -0.2) is 0 Å². The van der Waals surface area contributed by atoms with Crippen LogP contribution >= 0.6 is 56.7 Å². The van der Waals surface area contributed by atoms with Crippen molar-refractivity contribution >= 4 is 56.7 Å². The first-order valence-electron chi connectivity index (χ1n) is 8.06. The Hall–Kier alpha value is -0.300. The zero-order valence-electron chi connectivity index (χ0n) is 15.0. The molecule has 0 heterocycles. The van der Waals surface area contributed by atoms with E-state index in [4.69, 9.17) is 4.74 Å². The van der Waals surface area contributed by atoms with Crippen LogP contribution < -0.4 is 10.1 Å². The van der Waals surface area contributed by atoms with Crippen LogP contribution in [0.15, 0.2) is 51.4 Å². The van der Waals surface area contributed by atoms with Crippen LogP contribution in [0.2, 0.25) is 0 Å². The first-order valence-corrected chi connectivity index (χ1v) is 9.65. The third-order valence-corrected chi connectivity index (χ3v) is 4.75. The van der Waals surface area contributed by atoms with E-state index in [9.17, 15) is 0 Å². The molecular weight excluding hydrogens is 503 g/mol. The maximum Gasteiger partial charge on any atom is 0.148 e. The zero-order chi connectivity index (χ0) is 17.4. The van der Waals surface area contributed by atoms with E-state index in [0.29, 0.717) is 6.61 Å². The van der Waals surface area contributed by atoms with Crippen molar-refractivity contribution in [2.75, 3.05) is 27.2 Å². The van der Waals surface area contributed by atoms with E-state index in [1.807, 2.05) is 18.2 Å². The number of nitrogens with one attached hydrogen (secondary N) is 1. The second-order valence-corrected chi connectivity index (χ2v) is 7.71. The summed E-state index contributed by atoms with van der Waals surface area (Å²) < 4.78 is 7.90. The lowest BCUT2D eigenvalue weighted by molar-refractivity contribution is 0.302. The number of hydrogen-bond acceptors (Lipinski definition) is 3. The number of nitrogens with zero attached hydrogens (tertiary/aromatic N) is 1. The van der Waals surface area contributed by atoms with Gasteiger partial charge >= 0.3 is 0 Å². The minimum Gasteiger partial charge on any atom is -0.487 e. The van der Waals surface area contributed by atoms with Crippen molar-refractivity contribution in [2.45, 2.75) is 19.6 Å². The van der Waals surface area contributed by atoms with Crippen LogP contribution in [0.25, 0.3) is 0 Å². The zero-order valence-corrected chi connectivity index (χ0v) is 19.8. The maximum absolute atomic E-state index is 5.96. The molecule has 0 saturated carbocycles. The van der Waals surface area contributed by atoms with Crippen molar-refractivity contribution in [3.63, 3.8) is 0 Å². The van der Waals surface area contributed by atoms with Crippen molar-refractivity contribution < 1.29 is 4.74 Å². The lowest BCUT2D eigenvalue weighted by Crippen LogP contribution is -2.21. The van der Waals surface area contributed by atoms with Crippen molar-refractivity contribution in [3.05, 3.63) is 62.5 Å². The summed E-state index contributed by atoms with van der Waals surface area (Å²) in [5.41, 5.74) is 2.38. The lowest BCUT2D eigenvalue weighted by Gasteiger charge is -2.13. The third-order valence-electron chi connectivity index (χ3n) is 3.57. The van der Waals surface area contributed by atoms with Crippen LogP contribution in [-0.4, -0.2) is 32.1 Å². The van der Waals surface area contributed by atoms with Crippen molar-refractivity contribution in [1.29, 1.82) is 0 Å². The summed E-state index contributed by atoms with van der Waals surface area (Å²) in [7, 11) is 4.20. The minimum atomic E-state index is 0. The van der Waals surface area contributed by atoms with Gasteiger partial charge in [0.15, 0.2) is 0 Å². The van der Waals surface area contributed by atoms with E-state index < -0.39 is 0 Å². The Morgan fingerprint density at radius 3 is 2.15 bits per heavy atom. The van der Waals surface area contributed by atoms with Gasteiger partial charge < -0.3 is 15.0 Å². The van der Waals surface area contributed by atoms with E-state index in [1.54, 1.807) is 0 Å². The van der Waals surface area contributed by atoms with Crippen LogP contribution in [0, 0.1) is 0 Å². The first kappa shape index (κ1) is 25.7. The van der Waals surface area contributed by atoms with E-state index in [2.05, 4.69) is 80.4 Å². The van der Waals surface area contributed by atoms with E-state index in [1.165, 1.54) is 5.56 Å². The number of hydrogen-bond donors (Lipinski definition) is 1. The average Bonchev–Trinajstić information content (AvgIpc) is 2.54. The monoisotopic (exact) mass is 526 g/mol. The number of rotatable bonds is 9. The molecule has 2 aromatic rings. The molecule has 1 N–H and O–H groups in total. The highest BCUT2D eigenvalue weighted by Gasteiger charge is 2.09. The van der Waals surface area contributed by atoms with Gasteiger partial charge in [0.25, 0.3) is 0 Å². The molecule has 0 aromatic heterocycles. The van der Waals surface area contributed by atoms with Gasteiger partial charge in [-0.1, -0.05) is 30.3 Å². The molecule has 0 atom stereocenters. The smallest absolute Gasteiger partial charge is 0.148 e. The van der Waals surface area contributed by atoms with Crippen LogP contribution in [0.4, 0.5) is 0 Å². The van der Waals surface area contributed by atoms with E-state index in [0.717, 1.165) is 46.3 Å². The largest absolute Gasteiger partial charge is 0.487 e. The summed E-state index contributed by atoms with van der Waals surface area (Å²) in [4.78, 5) is 2.20. The van der Waals surface area contributed by atoms with E-state index >= 15 is 0 Å². The molecule has 2 rings (SSSR count). The lowest BCUT2D eigenvalue weighted by atomic mass is 10.2. The van der Waals surface area contributed by atoms with Gasteiger partial charge in [0, 0.05) is 6.54 Å². The molecule has 0 spiro atoms. The topological polar surface area (TPSA) is 24.5 Å². The fraction of sp³-hybridized carbons (Fsp3) is 0.368. The van der Waals surface area contributed by atoms with Gasteiger partial charge in [-0.15, -0.1) is 24.8 Å². The Labute approximate surface area is 186 Å². The summed E-state index contributed by atoms with van der Waals surface area (Å²) in [6.07, 6.45) is 1.15. The van der Waals surface area contributed by atoms with Crippen molar-refractivity contribution in [3.8, 4) is 5.75 Å². The molecule has 0 aliphatic rings. The molecule has 146 valence electrons. The van der Waals surface area contributed by atoms with Crippen molar-refractivity contribution in [2.24, 2.45) is 0 Å². The third kappa shape index (κ3) is 9.07. The van der Waals surface area contributed by atoms with Gasteiger partial charge in [0.05, 0.1) is 8.95 Å². The van der Waals surface area contributed by atoms with Crippen molar-refractivity contribution in [1.82, 2.24) is 10.2 Å². The minimum absolute atomic E-state index is 0. The molecular formula is C19H26Br2Cl2N2O. The molecule has 0 fully saturated rings. The SMILES string of the molecule is CN(C)CCCNCc1cc(Br)c(OCc2ccccc2)c(Br)c1.Cl.Cl. The number of benzene rings is 2. The predicted molar refractivity (Wildman–Crippen MR) is 122 cm³/mol. The molecule has 0 amide bonds. The van der Waals surface area contributed by atoms with Crippen LogP contribution in [0.5, 0.6) is 5.75 Å². The summed E-state index contributed by atoms with van der Waals surface area (Å²) in [6.45, 7) is 3.52. The Balaban J connectivity index is 0.00000312. The van der Waals surface area contributed by atoms with Gasteiger partial charge in [0.2, 0.25) is 0 Å². The molecule has 0 radical (unpaired) electrons. The maximum atomic E-state index is 5.96. The highest BCUT2D eigenvalue weighted by Crippen LogP contribution is 2.35. The van der Waals surface area contributed by atoms with Gasteiger partial charge in [0.1, 0.15) is 12.4 Å². The van der Waals surface area contributed by atoms with Crippen LogP contribution in [0.1, 0.15) is 17.5 Å². The molecule has 0 aliphatic heterocycles.